The third-order valence-corrected chi connectivity index (χ3v) is 1.46. The lowest BCUT2D eigenvalue weighted by Crippen LogP contribution is -2.34. The van der Waals surface area contributed by atoms with Gasteiger partial charge in [-0.2, -0.15) is 0 Å². The second kappa shape index (κ2) is 6.16. The quantitative estimate of drug-likeness (QED) is 0.615. The van der Waals surface area contributed by atoms with Gasteiger partial charge >= 0.3 is 0 Å². The molecule has 0 aromatic carbocycles. The van der Waals surface area contributed by atoms with E-state index in [1.54, 1.807) is 0 Å². The van der Waals surface area contributed by atoms with Gasteiger partial charge in [-0.05, 0) is 25.9 Å². The number of nitrogens with zero attached hydrogens (tertiary/aromatic N) is 1. The van der Waals surface area contributed by atoms with E-state index in [-0.39, 0.29) is 5.91 Å². The summed E-state index contributed by atoms with van der Waals surface area (Å²) >= 11 is 0. The van der Waals surface area contributed by atoms with Crippen LogP contribution in [0.15, 0.2) is 0 Å². The normalized spacial score (nSPS) is 10.5. The molecule has 0 radical (unpaired) electrons. The summed E-state index contributed by atoms with van der Waals surface area (Å²) in [5, 5.41) is 0. The van der Waals surface area contributed by atoms with Crippen molar-refractivity contribution in [3.8, 4) is 0 Å². The van der Waals surface area contributed by atoms with Crippen molar-refractivity contribution in [1.82, 2.24) is 4.90 Å². The molecule has 0 atom stereocenters. The van der Waals surface area contributed by atoms with Gasteiger partial charge in [-0.15, -0.1) is 0 Å². The molecule has 11 heavy (non-hydrogen) atoms. The van der Waals surface area contributed by atoms with Gasteiger partial charge < -0.3 is 5.73 Å². The second-order valence-corrected chi connectivity index (χ2v) is 2.74. The third kappa shape index (κ3) is 5.85. The Kier molecular flexibility index (Phi) is 5.84. The molecule has 3 heteroatoms. The fourth-order valence-electron chi connectivity index (χ4n) is 1.12. The highest BCUT2D eigenvalue weighted by atomic mass is 16.1. The molecule has 3 nitrogen and oxygen atoms in total. The van der Waals surface area contributed by atoms with E-state index in [2.05, 4.69) is 18.7 Å². The molecule has 0 aliphatic carbocycles. The summed E-state index contributed by atoms with van der Waals surface area (Å²) in [4.78, 5) is 12.6. The van der Waals surface area contributed by atoms with Crippen LogP contribution in [-0.2, 0) is 4.79 Å². The van der Waals surface area contributed by atoms with Gasteiger partial charge in [0.1, 0.15) is 0 Å². The van der Waals surface area contributed by atoms with Crippen molar-refractivity contribution in [2.75, 3.05) is 19.6 Å². The Bertz CT molecular complexity index is 109. The Morgan fingerprint density at radius 3 is 2.00 bits per heavy atom. The molecule has 66 valence electrons. The molecule has 0 spiro atoms. The topological polar surface area (TPSA) is 46.3 Å². The number of amides is 1. The van der Waals surface area contributed by atoms with E-state index in [0.29, 0.717) is 6.54 Å². The van der Waals surface area contributed by atoms with Crippen LogP contribution in [0.3, 0.4) is 0 Å². The van der Waals surface area contributed by atoms with Crippen LogP contribution in [-0.4, -0.2) is 30.4 Å². The molecule has 1 amide bonds. The van der Waals surface area contributed by atoms with Crippen LogP contribution in [0.5, 0.6) is 0 Å². The highest BCUT2D eigenvalue weighted by Crippen LogP contribution is 1.92. The van der Waals surface area contributed by atoms with Gasteiger partial charge in [-0.25, -0.2) is 0 Å². The predicted molar refractivity (Wildman–Crippen MR) is 46.2 cm³/mol. The summed E-state index contributed by atoms with van der Waals surface area (Å²) in [6.45, 7) is 6.54. The van der Waals surface area contributed by atoms with Crippen LogP contribution in [0.1, 0.15) is 26.7 Å². The zero-order valence-electron chi connectivity index (χ0n) is 7.47. The lowest BCUT2D eigenvalue weighted by atomic mass is 10.3. The average Bonchev–Trinajstić information content (AvgIpc) is 1.87. The van der Waals surface area contributed by atoms with E-state index in [1.807, 2.05) is 0 Å². The molecular formula is C8H18N2O. The van der Waals surface area contributed by atoms with Gasteiger partial charge in [-0.3, -0.25) is 9.69 Å². The minimum absolute atomic E-state index is 0.230. The summed E-state index contributed by atoms with van der Waals surface area (Å²) in [7, 11) is 0. The fraction of sp³-hybridized carbons (Fsp3) is 0.875. The average molecular weight is 158 g/mol. The number of primary amides is 1. The molecule has 0 rings (SSSR count). The molecule has 0 saturated heterocycles. The minimum atomic E-state index is -0.230. The molecule has 0 aliphatic heterocycles. The van der Waals surface area contributed by atoms with Crippen LogP contribution in [0, 0.1) is 0 Å². The van der Waals surface area contributed by atoms with Crippen molar-refractivity contribution >= 4 is 5.91 Å². The van der Waals surface area contributed by atoms with Gasteiger partial charge in [0.25, 0.3) is 0 Å². The number of hydrogen-bond acceptors (Lipinski definition) is 2. The molecule has 0 heterocycles. The molecule has 0 unspecified atom stereocenters. The Morgan fingerprint density at radius 2 is 1.73 bits per heavy atom. The maximum Gasteiger partial charge on any atom is 0.231 e. The predicted octanol–water partition coefficient (Wildman–Crippen LogP) is 0.594. The van der Waals surface area contributed by atoms with Gasteiger partial charge in [-0.1, -0.05) is 13.8 Å². The molecule has 0 bridgehead atoms. The van der Waals surface area contributed by atoms with Gasteiger partial charge in [0.2, 0.25) is 5.91 Å². The summed E-state index contributed by atoms with van der Waals surface area (Å²) in [6.07, 6.45) is 2.15. The van der Waals surface area contributed by atoms with Crippen LogP contribution in [0.4, 0.5) is 0 Å². The summed E-state index contributed by atoms with van der Waals surface area (Å²) in [5.74, 6) is -0.230. The van der Waals surface area contributed by atoms with Crippen LogP contribution >= 0.6 is 0 Å². The zero-order valence-corrected chi connectivity index (χ0v) is 7.47. The molecule has 0 fully saturated rings. The summed E-state index contributed by atoms with van der Waals surface area (Å²) in [6, 6.07) is 0. The molecule has 0 aliphatic rings. The molecule has 0 saturated carbocycles. The highest BCUT2D eigenvalue weighted by Gasteiger charge is 2.04. The first-order chi connectivity index (χ1) is 5.20. The van der Waals surface area contributed by atoms with E-state index in [4.69, 9.17) is 5.73 Å². The third-order valence-electron chi connectivity index (χ3n) is 1.46. The lowest BCUT2D eigenvalue weighted by molar-refractivity contribution is -0.119. The maximum atomic E-state index is 10.5. The number of nitrogens with two attached hydrogens (primary N) is 1. The smallest absolute Gasteiger partial charge is 0.231 e. The van der Waals surface area contributed by atoms with Gasteiger partial charge in [0.05, 0.1) is 6.54 Å². The largest absolute Gasteiger partial charge is 0.369 e. The molecule has 0 aromatic heterocycles. The van der Waals surface area contributed by atoms with Crippen molar-refractivity contribution in [2.45, 2.75) is 26.7 Å². The molecule has 2 N–H and O–H groups in total. The van der Waals surface area contributed by atoms with Crippen molar-refractivity contribution in [3.63, 3.8) is 0 Å². The summed E-state index contributed by atoms with van der Waals surface area (Å²) < 4.78 is 0. The van der Waals surface area contributed by atoms with Crippen molar-refractivity contribution in [3.05, 3.63) is 0 Å². The SMILES string of the molecule is CCCN(CCC)CC(N)=O. The Morgan fingerprint density at radius 1 is 1.27 bits per heavy atom. The molecule has 0 aromatic rings. The Hall–Kier alpha value is -0.570. The lowest BCUT2D eigenvalue weighted by Gasteiger charge is -2.18. The van der Waals surface area contributed by atoms with E-state index >= 15 is 0 Å². The number of carbonyl (C=O) groups excluding carboxylic acids is 1. The van der Waals surface area contributed by atoms with Crippen LogP contribution < -0.4 is 5.73 Å². The first kappa shape index (κ1) is 10.4. The van der Waals surface area contributed by atoms with E-state index < -0.39 is 0 Å². The van der Waals surface area contributed by atoms with E-state index in [1.165, 1.54) is 0 Å². The fourth-order valence-corrected chi connectivity index (χ4v) is 1.12. The minimum Gasteiger partial charge on any atom is -0.369 e. The van der Waals surface area contributed by atoms with E-state index in [0.717, 1.165) is 25.9 Å². The standard InChI is InChI=1S/C8H18N2O/c1-3-5-10(6-4-2)7-8(9)11/h3-7H2,1-2H3,(H2,9,11). The van der Waals surface area contributed by atoms with Crippen LogP contribution in [0.25, 0.3) is 0 Å². The number of hydrogen-bond donors (Lipinski definition) is 1. The zero-order chi connectivity index (χ0) is 8.69. The second-order valence-electron chi connectivity index (χ2n) is 2.74. The monoisotopic (exact) mass is 158 g/mol. The van der Waals surface area contributed by atoms with E-state index in [9.17, 15) is 4.79 Å². The van der Waals surface area contributed by atoms with Crippen molar-refractivity contribution in [1.29, 1.82) is 0 Å². The Balaban J connectivity index is 3.59. The van der Waals surface area contributed by atoms with Gasteiger partial charge in [0, 0.05) is 0 Å². The van der Waals surface area contributed by atoms with Crippen LogP contribution in [0.2, 0.25) is 0 Å². The maximum absolute atomic E-state index is 10.5. The number of rotatable bonds is 6. The highest BCUT2D eigenvalue weighted by molar-refractivity contribution is 5.75. The summed E-state index contributed by atoms with van der Waals surface area (Å²) in [5.41, 5.74) is 5.07. The van der Waals surface area contributed by atoms with Gasteiger partial charge in [0.15, 0.2) is 0 Å². The number of carbonyl (C=O) groups is 1. The molecular weight excluding hydrogens is 140 g/mol. The van der Waals surface area contributed by atoms with Crippen molar-refractivity contribution < 1.29 is 4.79 Å². The first-order valence-corrected chi connectivity index (χ1v) is 4.21. The Labute approximate surface area is 68.6 Å². The van der Waals surface area contributed by atoms with Crippen molar-refractivity contribution in [2.24, 2.45) is 5.73 Å². The first-order valence-electron chi connectivity index (χ1n) is 4.21.